The molecule has 0 radical (unpaired) electrons. The highest BCUT2D eigenvalue weighted by Gasteiger charge is 2.21. The summed E-state index contributed by atoms with van der Waals surface area (Å²) in [5.41, 5.74) is 5.76. The van der Waals surface area contributed by atoms with E-state index >= 15 is 0 Å². The number of carboxylic acids is 1. The Morgan fingerprint density at radius 3 is 2.54 bits per heavy atom. The maximum Gasteiger partial charge on any atom is 0.411 e. The molecule has 3 rings (SSSR count). The van der Waals surface area contributed by atoms with Crippen LogP contribution in [0.3, 0.4) is 0 Å². The lowest BCUT2D eigenvalue weighted by molar-refractivity contribution is -0.131. The quantitative estimate of drug-likeness (QED) is 0.711. The number of carbonyl (C=O) groups excluding carboxylic acids is 1. The second-order valence-corrected chi connectivity index (χ2v) is 5.05. The van der Waals surface area contributed by atoms with Gasteiger partial charge in [0.1, 0.15) is 0 Å². The van der Waals surface area contributed by atoms with Gasteiger partial charge in [-0.25, -0.2) is 9.59 Å². The van der Waals surface area contributed by atoms with E-state index in [1.165, 1.54) is 16.7 Å². The topological polar surface area (TPSA) is 75.6 Å². The molecular weight excluding hydrogens is 306 g/mol. The summed E-state index contributed by atoms with van der Waals surface area (Å²) in [4.78, 5) is 20.8. The lowest BCUT2D eigenvalue weighted by Gasteiger charge is -2.10. The Balaban J connectivity index is 0.000000368. The number of carbonyl (C=O) groups is 2. The van der Waals surface area contributed by atoms with E-state index in [2.05, 4.69) is 30.1 Å². The van der Waals surface area contributed by atoms with Gasteiger partial charge in [-0.2, -0.15) is 0 Å². The molecule has 0 saturated carbocycles. The van der Waals surface area contributed by atoms with Crippen LogP contribution >= 0.6 is 0 Å². The number of ether oxygens (including phenoxy) is 1. The van der Waals surface area contributed by atoms with Gasteiger partial charge in [0, 0.05) is 18.2 Å². The molecule has 1 aliphatic carbocycles. The van der Waals surface area contributed by atoms with Gasteiger partial charge in [0.25, 0.3) is 0 Å². The van der Waals surface area contributed by atoms with Crippen LogP contribution in [0.4, 0.5) is 10.5 Å². The van der Waals surface area contributed by atoms with Gasteiger partial charge in [-0.15, -0.1) is 0 Å². The van der Waals surface area contributed by atoms with E-state index < -0.39 is 12.1 Å². The second-order valence-electron chi connectivity index (χ2n) is 5.05. The maximum absolute atomic E-state index is 11.6. The molecule has 1 amide bonds. The number of aliphatic carboxylic acids is 1. The minimum atomic E-state index is -0.981. The minimum Gasteiger partial charge on any atom is -0.478 e. The Labute approximate surface area is 140 Å². The van der Waals surface area contributed by atoms with Crippen molar-refractivity contribution in [1.82, 2.24) is 0 Å². The Hall–Kier alpha value is -3.08. The number of nitrogens with one attached hydrogen (secondary N) is 1. The first-order valence-electron chi connectivity index (χ1n) is 7.56. The van der Waals surface area contributed by atoms with E-state index in [1.807, 2.05) is 24.3 Å². The van der Waals surface area contributed by atoms with Gasteiger partial charge in [-0.3, -0.25) is 5.32 Å². The van der Waals surface area contributed by atoms with Crippen molar-refractivity contribution < 1.29 is 19.4 Å². The molecule has 0 aromatic heterocycles. The predicted octanol–water partition coefficient (Wildman–Crippen LogP) is 4.08. The summed E-state index contributed by atoms with van der Waals surface area (Å²) in [5, 5.41) is 10.4. The smallest absolute Gasteiger partial charge is 0.411 e. The van der Waals surface area contributed by atoms with Crippen LogP contribution in [0.5, 0.6) is 0 Å². The fourth-order valence-corrected chi connectivity index (χ4v) is 2.55. The zero-order valence-corrected chi connectivity index (χ0v) is 13.4. The molecule has 2 N–H and O–H groups in total. The SMILES string of the molecule is C=CC(=O)O.CCOC(=O)Nc1cccc2c1Cc1ccccc1-2. The van der Waals surface area contributed by atoms with Gasteiger partial charge in [0.05, 0.1) is 6.61 Å². The van der Waals surface area contributed by atoms with Crippen LogP contribution in [0.15, 0.2) is 55.1 Å². The molecule has 5 heteroatoms. The largest absolute Gasteiger partial charge is 0.478 e. The molecule has 124 valence electrons. The zero-order valence-electron chi connectivity index (χ0n) is 13.4. The number of amides is 1. The molecule has 0 saturated heterocycles. The van der Waals surface area contributed by atoms with Crippen LogP contribution in [0.1, 0.15) is 18.1 Å². The summed E-state index contributed by atoms with van der Waals surface area (Å²) in [6.45, 7) is 5.13. The first-order valence-corrected chi connectivity index (χ1v) is 7.56. The van der Waals surface area contributed by atoms with Crippen molar-refractivity contribution in [3.63, 3.8) is 0 Å². The third-order valence-electron chi connectivity index (χ3n) is 3.54. The van der Waals surface area contributed by atoms with Crippen molar-refractivity contribution in [2.45, 2.75) is 13.3 Å². The van der Waals surface area contributed by atoms with Gasteiger partial charge in [0.2, 0.25) is 0 Å². The molecule has 0 heterocycles. The molecule has 2 aromatic rings. The standard InChI is InChI=1S/C16H15NO2.C3H4O2/c1-2-19-16(18)17-15-9-5-8-13-12-7-4-3-6-11(12)10-14(13)15;1-2-3(4)5/h3-9H,2,10H2,1H3,(H,17,18);2H,1H2,(H,4,5). The molecule has 24 heavy (non-hydrogen) atoms. The highest BCUT2D eigenvalue weighted by Crippen LogP contribution is 2.39. The van der Waals surface area contributed by atoms with E-state index in [9.17, 15) is 9.59 Å². The number of hydrogen-bond donors (Lipinski definition) is 2. The van der Waals surface area contributed by atoms with E-state index in [-0.39, 0.29) is 0 Å². The summed E-state index contributed by atoms with van der Waals surface area (Å²) in [7, 11) is 0. The molecule has 0 aliphatic heterocycles. The predicted molar refractivity (Wildman–Crippen MR) is 93.2 cm³/mol. The molecule has 2 aromatic carbocycles. The molecule has 5 nitrogen and oxygen atoms in total. The number of carboxylic acid groups (broad SMARTS) is 1. The zero-order chi connectivity index (χ0) is 17.5. The van der Waals surface area contributed by atoms with E-state index in [0.29, 0.717) is 6.61 Å². The van der Waals surface area contributed by atoms with E-state index in [4.69, 9.17) is 9.84 Å². The van der Waals surface area contributed by atoms with Gasteiger partial charge in [0.15, 0.2) is 0 Å². The lowest BCUT2D eigenvalue weighted by atomic mass is 10.1. The van der Waals surface area contributed by atoms with Crippen molar-refractivity contribution in [3.05, 3.63) is 66.2 Å². The highest BCUT2D eigenvalue weighted by atomic mass is 16.5. The summed E-state index contributed by atoms with van der Waals surface area (Å²) >= 11 is 0. The van der Waals surface area contributed by atoms with Crippen molar-refractivity contribution >= 4 is 17.7 Å². The first kappa shape index (κ1) is 17.3. The number of fused-ring (bicyclic) bond motifs is 3. The molecule has 1 aliphatic rings. The monoisotopic (exact) mass is 325 g/mol. The summed E-state index contributed by atoms with van der Waals surface area (Å²) in [6.07, 6.45) is 1.29. The number of hydrogen-bond acceptors (Lipinski definition) is 3. The number of rotatable bonds is 3. The summed E-state index contributed by atoms with van der Waals surface area (Å²) < 4.78 is 4.93. The van der Waals surface area contributed by atoms with Gasteiger partial charge in [-0.1, -0.05) is 43.0 Å². The fraction of sp³-hybridized carbons (Fsp3) is 0.158. The average Bonchev–Trinajstić information content (AvgIpc) is 2.95. The molecule has 0 bridgehead atoms. The van der Waals surface area contributed by atoms with Crippen LogP contribution in [-0.2, 0) is 16.0 Å². The summed E-state index contributed by atoms with van der Waals surface area (Å²) in [5.74, 6) is -0.981. The second kappa shape index (κ2) is 7.97. The Morgan fingerprint density at radius 2 is 1.88 bits per heavy atom. The van der Waals surface area contributed by atoms with Crippen molar-refractivity contribution in [2.75, 3.05) is 11.9 Å². The molecular formula is C19H19NO4. The number of anilines is 1. The van der Waals surface area contributed by atoms with Crippen LogP contribution in [0.2, 0.25) is 0 Å². The van der Waals surface area contributed by atoms with Crippen LogP contribution in [0, 0.1) is 0 Å². The normalized spacial score (nSPS) is 10.5. The van der Waals surface area contributed by atoms with Crippen LogP contribution in [0.25, 0.3) is 11.1 Å². The summed E-state index contributed by atoms with van der Waals surface area (Å²) in [6, 6.07) is 14.3. The van der Waals surface area contributed by atoms with Crippen LogP contribution < -0.4 is 5.32 Å². The van der Waals surface area contributed by atoms with E-state index in [1.54, 1.807) is 6.92 Å². The van der Waals surface area contributed by atoms with Gasteiger partial charge in [-0.05, 0) is 35.2 Å². The molecule has 0 spiro atoms. The molecule has 0 atom stereocenters. The minimum absolute atomic E-state index is 0.376. The average molecular weight is 325 g/mol. The highest BCUT2D eigenvalue weighted by molar-refractivity contribution is 5.90. The van der Waals surface area contributed by atoms with Gasteiger partial charge >= 0.3 is 12.1 Å². The van der Waals surface area contributed by atoms with Gasteiger partial charge < -0.3 is 9.84 Å². The molecule has 0 unspecified atom stereocenters. The third kappa shape index (κ3) is 4.01. The number of benzene rings is 2. The van der Waals surface area contributed by atoms with E-state index in [0.717, 1.165) is 23.7 Å². The Bertz CT molecular complexity index is 768. The first-order chi connectivity index (χ1) is 11.6. The van der Waals surface area contributed by atoms with Crippen LogP contribution in [-0.4, -0.2) is 23.8 Å². The maximum atomic E-state index is 11.6. The Morgan fingerprint density at radius 1 is 1.21 bits per heavy atom. The molecule has 0 fully saturated rings. The van der Waals surface area contributed by atoms with Crippen molar-refractivity contribution in [1.29, 1.82) is 0 Å². The van der Waals surface area contributed by atoms with Crippen molar-refractivity contribution in [3.8, 4) is 11.1 Å². The van der Waals surface area contributed by atoms with Crippen molar-refractivity contribution in [2.24, 2.45) is 0 Å². The Kier molecular flexibility index (Phi) is 5.73. The third-order valence-corrected chi connectivity index (χ3v) is 3.54. The fourth-order valence-electron chi connectivity index (χ4n) is 2.55. The lowest BCUT2D eigenvalue weighted by Crippen LogP contribution is -2.14.